The second-order valence-corrected chi connectivity index (χ2v) is 4.63. The highest BCUT2D eigenvalue weighted by Crippen LogP contribution is 2.34. The van der Waals surface area contributed by atoms with Crippen LogP contribution >= 0.6 is 0 Å². The monoisotopic (exact) mass is 287 g/mol. The van der Waals surface area contributed by atoms with Crippen LogP contribution in [0.3, 0.4) is 0 Å². The minimum atomic E-state index is -0.575. The Morgan fingerprint density at radius 3 is 2.81 bits per heavy atom. The molecule has 0 N–H and O–H groups in total. The Hall–Kier alpha value is -2.56. The first kappa shape index (κ1) is 13.4. The molecule has 1 amide bonds. The van der Waals surface area contributed by atoms with Crippen molar-refractivity contribution >= 4 is 11.8 Å². The molecule has 4 nitrogen and oxygen atoms in total. The third-order valence-electron chi connectivity index (χ3n) is 3.22. The van der Waals surface area contributed by atoms with E-state index in [4.69, 9.17) is 9.47 Å². The Bertz CT molecular complexity index is 645. The zero-order chi connectivity index (χ0) is 14.7. The van der Waals surface area contributed by atoms with Crippen molar-refractivity contribution in [3.63, 3.8) is 0 Å². The summed E-state index contributed by atoms with van der Waals surface area (Å²) in [4.78, 5) is 13.4. The maximum Gasteiger partial charge on any atom is 0.414 e. The number of hydrogen-bond donors (Lipinski definition) is 0. The van der Waals surface area contributed by atoms with Crippen LogP contribution in [-0.2, 0) is 11.3 Å². The summed E-state index contributed by atoms with van der Waals surface area (Å²) in [5, 5.41) is 0. The van der Waals surface area contributed by atoms with E-state index in [9.17, 15) is 9.18 Å². The summed E-state index contributed by atoms with van der Waals surface area (Å²) in [6.45, 7) is 0.735. The van der Waals surface area contributed by atoms with Crippen molar-refractivity contribution in [1.29, 1.82) is 0 Å². The number of amides is 1. The van der Waals surface area contributed by atoms with Gasteiger partial charge in [-0.3, -0.25) is 4.90 Å². The fraction of sp³-hybridized carbons (Fsp3) is 0.188. The van der Waals surface area contributed by atoms with Gasteiger partial charge in [0.2, 0.25) is 0 Å². The number of para-hydroxylation sites is 1. The quantitative estimate of drug-likeness (QED) is 0.850. The Morgan fingerprint density at radius 2 is 2.00 bits per heavy atom. The van der Waals surface area contributed by atoms with Gasteiger partial charge in [-0.05, 0) is 17.7 Å². The number of carbonyl (C=O) groups is 1. The van der Waals surface area contributed by atoms with E-state index in [0.717, 1.165) is 5.56 Å². The molecule has 1 heterocycles. The van der Waals surface area contributed by atoms with Crippen LogP contribution < -0.4 is 9.64 Å². The van der Waals surface area contributed by atoms with E-state index in [1.807, 2.05) is 30.3 Å². The number of carbonyl (C=O) groups excluding carboxylic acids is 1. The molecule has 0 aromatic heterocycles. The smallest absolute Gasteiger partial charge is 0.414 e. The van der Waals surface area contributed by atoms with E-state index in [1.165, 1.54) is 11.0 Å². The Kier molecular flexibility index (Phi) is 3.73. The van der Waals surface area contributed by atoms with Crippen LogP contribution in [-0.4, -0.2) is 19.2 Å². The molecular formula is C16H14FNO3. The SMILES string of the molecule is O=C(OCc1ccccc1)N1CCOc2cccc(F)c21. The summed E-state index contributed by atoms with van der Waals surface area (Å²) >= 11 is 0. The van der Waals surface area contributed by atoms with Crippen LogP contribution in [0.1, 0.15) is 5.56 Å². The third-order valence-corrected chi connectivity index (χ3v) is 3.22. The maximum absolute atomic E-state index is 13.9. The van der Waals surface area contributed by atoms with Crippen molar-refractivity contribution in [3.8, 4) is 5.75 Å². The van der Waals surface area contributed by atoms with Crippen LogP contribution in [0.5, 0.6) is 5.75 Å². The van der Waals surface area contributed by atoms with Crippen molar-refractivity contribution in [2.45, 2.75) is 6.61 Å². The zero-order valence-electron chi connectivity index (χ0n) is 11.3. The highest BCUT2D eigenvalue weighted by molar-refractivity contribution is 5.90. The fourth-order valence-corrected chi connectivity index (χ4v) is 2.21. The predicted octanol–water partition coefficient (Wildman–Crippen LogP) is 3.36. The number of rotatable bonds is 2. The van der Waals surface area contributed by atoms with Gasteiger partial charge in [0.25, 0.3) is 0 Å². The van der Waals surface area contributed by atoms with E-state index < -0.39 is 11.9 Å². The molecule has 0 radical (unpaired) electrons. The van der Waals surface area contributed by atoms with E-state index in [2.05, 4.69) is 0 Å². The normalized spacial score (nSPS) is 13.3. The van der Waals surface area contributed by atoms with Gasteiger partial charge in [-0.15, -0.1) is 0 Å². The van der Waals surface area contributed by atoms with Crippen molar-refractivity contribution < 1.29 is 18.7 Å². The number of nitrogens with zero attached hydrogens (tertiary/aromatic N) is 1. The standard InChI is InChI=1S/C16H14FNO3/c17-13-7-4-8-14-15(13)18(9-10-20-14)16(19)21-11-12-5-2-1-3-6-12/h1-8H,9-11H2. The molecule has 0 unspecified atom stereocenters. The minimum absolute atomic E-state index is 0.141. The summed E-state index contributed by atoms with van der Waals surface area (Å²) < 4.78 is 24.5. The van der Waals surface area contributed by atoms with Crippen LogP contribution in [0.4, 0.5) is 14.9 Å². The Morgan fingerprint density at radius 1 is 1.19 bits per heavy atom. The molecule has 1 aliphatic heterocycles. The van der Waals surface area contributed by atoms with E-state index in [0.29, 0.717) is 12.4 Å². The molecular weight excluding hydrogens is 273 g/mol. The van der Waals surface area contributed by atoms with Gasteiger partial charge in [-0.2, -0.15) is 0 Å². The number of hydrogen-bond acceptors (Lipinski definition) is 3. The lowest BCUT2D eigenvalue weighted by atomic mass is 10.2. The molecule has 108 valence electrons. The zero-order valence-corrected chi connectivity index (χ0v) is 11.3. The molecule has 2 aromatic rings. The van der Waals surface area contributed by atoms with Crippen molar-refractivity contribution in [3.05, 3.63) is 59.9 Å². The molecule has 21 heavy (non-hydrogen) atoms. The Balaban J connectivity index is 1.75. The van der Waals surface area contributed by atoms with Gasteiger partial charge in [-0.25, -0.2) is 9.18 Å². The highest BCUT2D eigenvalue weighted by Gasteiger charge is 2.27. The average molecular weight is 287 g/mol. The molecule has 1 aliphatic rings. The lowest BCUT2D eigenvalue weighted by Gasteiger charge is -2.28. The van der Waals surface area contributed by atoms with Crippen molar-refractivity contribution in [1.82, 2.24) is 0 Å². The second kappa shape index (κ2) is 5.83. The Labute approximate surface area is 121 Å². The number of halogens is 1. The summed E-state index contributed by atoms with van der Waals surface area (Å²) in [6, 6.07) is 13.8. The highest BCUT2D eigenvalue weighted by atomic mass is 19.1. The lowest BCUT2D eigenvalue weighted by Crippen LogP contribution is -2.38. The first-order chi connectivity index (χ1) is 10.3. The molecule has 0 saturated heterocycles. The molecule has 2 aromatic carbocycles. The van der Waals surface area contributed by atoms with Gasteiger partial charge in [-0.1, -0.05) is 36.4 Å². The summed E-state index contributed by atoms with van der Waals surface area (Å²) in [6.07, 6.45) is -0.575. The number of fused-ring (bicyclic) bond motifs is 1. The molecule has 0 fully saturated rings. The maximum atomic E-state index is 13.9. The van der Waals surface area contributed by atoms with E-state index in [1.54, 1.807) is 12.1 Å². The molecule has 0 bridgehead atoms. The third kappa shape index (κ3) is 2.81. The molecule has 3 rings (SSSR count). The molecule has 0 saturated carbocycles. The second-order valence-electron chi connectivity index (χ2n) is 4.63. The van der Waals surface area contributed by atoms with Crippen molar-refractivity contribution in [2.75, 3.05) is 18.1 Å². The predicted molar refractivity (Wildman–Crippen MR) is 75.9 cm³/mol. The van der Waals surface area contributed by atoms with Gasteiger partial charge in [0, 0.05) is 0 Å². The number of benzene rings is 2. The summed E-state index contributed by atoms with van der Waals surface area (Å²) in [5.74, 6) is -0.137. The van der Waals surface area contributed by atoms with Gasteiger partial charge in [0.05, 0.1) is 6.54 Å². The van der Waals surface area contributed by atoms with Crippen LogP contribution in [0.2, 0.25) is 0 Å². The van der Waals surface area contributed by atoms with Gasteiger partial charge in [0.1, 0.15) is 24.7 Å². The molecule has 0 spiro atoms. The van der Waals surface area contributed by atoms with Crippen LogP contribution in [0.25, 0.3) is 0 Å². The summed E-state index contributed by atoms with van der Waals surface area (Å²) in [7, 11) is 0. The molecule has 5 heteroatoms. The molecule has 0 aliphatic carbocycles. The lowest BCUT2D eigenvalue weighted by molar-refractivity contribution is 0.143. The van der Waals surface area contributed by atoms with Gasteiger partial charge in [0.15, 0.2) is 5.82 Å². The average Bonchev–Trinajstić information content (AvgIpc) is 2.53. The molecule has 0 atom stereocenters. The van der Waals surface area contributed by atoms with Gasteiger partial charge >= 0.3 is 6.09 Å². The van der Waals surface area contributed by atoms with Crippen LogP contribution in [0.15, 0.2) is 48.5 Å². The first-order valence-corrected chi connectivity index (χ1v) is 6.65. The largest absolute Gasteiger partial charge is 0.489 e. The topological polar surface area (TPSA) is 38.8 Å². The minimum Gasteiger partial charge on any atom is -0.489 e. The van der Waals surface area contributed by atoms with E-state index >= 15 is 0 Å². The van der Waals surface area contributed by atoms with E-state index in [-0.39, 0.29) is 18.8 Å². The number of anilines is 1. The van der Waals surface area contributed by atoms with Gasteiger partial charge < -0.3 is 9.47 Å². The summed E-state index contributed by atoms with van der Waals surface area (Å²) in [5.41, 5.74) is 1.02. The fourth-order valence-electron chi connectivity index (χ4n) is 2.21. The number of ether oxygens (including phenoxy) is 2. The van der Waals surface area contributed by atoms with Crippen LogP contribution in [0, 0.1) is 5.82 Å². The first-order valence-electron chi connectivity index (χ1n) is 6.65. The van der Waals surface area contributed by atoms with Crippen molar-refractivity contribution in [2.24, 2.45) is 0 Å².